The number of hydrogen-bond acceptors (Lipinski definition) is 1. The summed E-state index contributed by atoms with van der Waals surface area (Å²) in [6, 6.07) is 8.17. The summed E-state index contributed by atoms with van der Waals surface area (Å²) >= 11 is 5.86. The molecule has 0 bridgehead atoms. The molecule has 1 aromatic rings. The zero-order valence-electron chi connectivity index (χ0n) is 9.76. The molecule has 0 fully saturated rings. The maximum absolute atomic E-state index is 5.86. The third-order valence-corrected chi connectivity index (χ3v) is 3.07. The number of hydrogen-bond donors (Lipinski definition) is 1. The Labute approximate surface area is 97.8 Å². The second-order valence-corrected chi connectivity index (χ2v) is 4.83. The Hall–Kier alpha value is -0.530. The Morgan fingerprint density at radius 2 is 1.80 bits per heavy atom. The number of halogens is 1. The van der Waals surface area contributed by atoms with Gasteiger partial charge in [-0.05, 0) is 49.5 Å². The van der Waals surface area contributed by atoms with Gasteiger partial charge in [0.1, 0.15) is 0 Å². The number of nitrogens with one attached hydrogen (secondary N) is 1. The van der Waals surface area contributed by atoms with Gasteiger partial charge in [-0.15, -0.1) is 0 Å². The van der Waals surface area contributed by atoms with E-state index in [1.165, 1.54) is 5.56 Å². The molecule has 1 nitrogen and oxygen atoms in total. The molecule has 0 saturated carbocycles. The lowest BCUT2D eigenvalue weighted by Crippen LogP contribution is -2.25. The van der Waals surface area contributed by atoms with Crippen molar-refractivity contribution in [1.82, 2.24) is 5.32 Å². The van der Waals surface area contributed by atoms with Gasteiger partial charge in [0.2, 0.25) is 0 Å². The zero-order chi connectivity index (χ0) is 11.3. The summed E-state index contributed by atoms with van der Waals surface area (Å²) in [6.45, 7) is 5.62. The molecule has 0 amide bonds. The second-order valence-electron chi connectivity index (χ2n) is 4.39. The minimum absolute atomic E-state index is 0.691. The van der Waals surface area contributed by atoms with Crippen molar-refractivity contribution in [2.75, 3.05) is 13.6 Å². The van der Waals surface area contributed by atoms with Crippen LogP contribution in [0.3, 0.4) is 0 Å². The van der Waals surface area contributed by atoms with Crippen LogP contribution in [0.25, 0.3) is 0 Å². The number of benzene rings is 1. The van der Waals surface area contributed by atoms with Crippen LogP contribution in [0.5, 0.6) is 0 Å². The van der Waals surface area contributed by atoms with E-state index in [1.54, 1.807) is 0 Å². The number of rotatable bonds is 5. The Balaban J connectivity index is 2.61. The molecule has 0 aliphatic heterocycles. The Morgan fingerprint density at radius 3 is 2.27 bits per heavy atom. The van der Waals surface area contributed by atoms with Crippen molar-refractivity contribution in [3.05, 3.63) is 34.9 Å². The molecule has 0 radical (unpaired) electrons. The molecule has 1 N–H and O–H groups in total. The van der Waals surface area contributed by atoms with E-state index in [1.807, 2.05) is 19.2 Å². The predicted octanol–water partition coefficient (Wildman–Crippen LogP) is 3.37. The third kappa shape index (κ3) is 4.23. The lowest BCUT2D eigenvalue weighted by atomic mass is 9.89. The molecule has 1 rings (SSSR count). The van der Waals surface area contributed by atoms with Gasteiger partial charge in [-0.2, -0.15) is 0 Å². The molecule has 0 aliphatic carbocycles. The van der Waals surface area contributed by atoms with Crippen LogP contribution in [0.1, 0.15) is 19.4 Å². The summed E-state index contributed by atoms with van der Waals surface area (Å²) in [5.41, 5.74) is 1.37. The van der Waals surface area contributed by atoms with Crippen molar-refractivity contribution >= 4 is 11.6 Å². The van der Waals surface area contributed by atoms with Crippen LogP contribution in [-0.2, 0) is 6.42 Å². The molecular formula is C13H20ClN. The van der Waals surface area contributed by atoms with E-state index in [-0.39, 0.29) is 0 Å². The van der Waals surface area contributed by atoms with Crippen LogP contribution in [0.15, 0.2) is 24.3 Å². The molecule has 0 spiro atoms. The first-order valence-corrected chi connectivity index (χ1v) is 5.90. The summed E-state index contributed by atoms with van der Waals surface area (Å²) in [6.07, 6.45) is 1.12. The maximum atomic E-state index is 5.86. The fourth-order valence-corrected chi connectivity index (χ4v) is 1.85. The Kier molecular flexibility index (Phi) is 5.13. The van der Waals surface area contributed by atoms with Crippen molar-refractivity contribution in [2.45, 2.75) is 20.3 Å². The molecule has 2 heteroatoms. The fraction of sp³-hybridized carbons (Fsp3) is 0.538. The van der Waals surface area contributed by atoms with Crippen LogP contribution in [0, 0.1) is 11.8 Å². The molecule has 0 saturated heterocycles. The largest absolute Gasteiger partial charge is 0.319 e. The van der Waals surface area contributed by atoms with Crippen molar-refractivity contribution in [1.29, 1.82) is 0 Å². The van der Waals surface area contributed by atoms with E-state index in [0.29, 0.717) is 11.8 Å². The first-order chi connectivity index (χ1) is 7.13. The van der Waals surface area contributed by atoms with Crippen LogP contribution >= 0.6 is 11.6 Å². The zero-order valence-corrected chi connectivity index (χ0v) is 10.5. The highest BCUT2D eigenvalue weighted by Crippen LogP contribution is 2.18. The van der Waals surface area contributed by atoms with Crippen LogP contribution in [0.2, 0.25) is 5.02 Å². The second kappa shape index (κ2) is 6.14. The van der Waals surface area contributed by atoms with Gasteiger partial charge in [-0.25, -0.2) is 0 Å². The maximum Gasteiger partial charge on any atom is 0.0406 e. The molecule has 84 valence electrons. The Bertz CT molecular complexity index is 279. The lowest BCUT2D eigenvalue weighted by molar-refractivity contribution is 0.370. The van der Waals surface area contributed by atoms with Gasteiger partial charge in [-0.3, -0.25) is 0 Å². The first-order valence-electron chi connectivity index (χ1n) is 5.52. The van der Waals surface area contributed by atoms with Gasteiger partial charge in [-0.1, -0.05) is 37.6 Å². The van der Waals surface area contributed by atoms with Gasteiger partial charge < -0.3 is 5.32 Å². The van der Waals surface area contributed by atoms with Crippen molar-refractivity contribution in [3.8, 4) is 0 Å². The van der Waals surface area contributed by atoms with Gasteiger partial charge in [0.25, 0.3) is 0 Å². The topological polar surface area (TPSA) is 12.0 Å². The minimum Gasteiger partial charge on any atom is -0.319 e. The van der Waals surface area contributed by atoms with Gasteiger partial charge in [0, 0.05) is 5.02 Å². The average Bonchev–Trinajstić information content (AvgIpc) is 2.20. The lowest BCUT2D eigenvalue weighted by Gasteiger charge is -2.20. The van der Waals surface area contributed by atoms with Crippen molar-refractivity contribution in [2.24, 2.45) is 11.8 Å². The standard InChI is InChI=1S/C13H20ClN/c1-10(2)12(9-15-3)8-11-4-6-13(14)7-5-11/h4-7,10,12,15H,8-9H2,1-3H3. The Morgan fingerprint density at radius 1 is 1.20 bits per heavy atom. The van der Waals surface area contributed by atoms with E-state index >= 15 is 0 Å². The van der Waals surface area contributed by atoms with E-state index in [9.17, 15) is 0 Å². The summed E-state index contributed by atoms with van der Waals surface area (Å²) < 4.78 is 0. The normalized spacial score (nSPS) is 13.1. The monoisotopic (exact) mass is 225 g/mol. The third-order valence-electron chi connectivity index (χ3n) is 2.82. The highest BCUT2D eigenvalue weighted by Gasteiger charge is 2.12. The molecule has 1 aromatic carbocycles. The van der Waals surface area contributed by atoms with Crippen LogP contribution in [0.4, 0.5) is 0 Å². The molecule has 0 aromatic heterocycles. The van der Waals surface area contributed by atoms with E-state index in [0.717, 1.165) is 18.0 Å². The molecule has 0 aliphatic rings. The first kappa shape index (κ1) is 12.5. The average molecular weight is 226 g/mol. The molecule has 0 heterocycles. The highest BCUT2D eigenvalue weighted by atomic mass is 35.5. The highest BCUT2D eigenvalue weighted by molar-refractivity contribution is 6.30. The molecule has 1 unspecified atom stereocenters. The molecule has 15 heavy (non-hydrogen) atoms. The van der Waals surface area contributed by atoms with E-state index in [2.05, 4.69) is 31.3 Å². The van der Waals surface area contributed by atoms with Crippen LogP contribution in [-0.4, -0.2) is 13.6 Å². The van der Waals surface area contributed by atoms with Gasteiger partial charge in [0.05, 0.1) is 0 Å². The summed E-state index contributed by atoms with van der Waals surface area (Å²) in [4.78, 5) is 0. The molecule has 1 atom stereocenters. The molecular weight excluding hydrogens is 206 g/mol. The fourth-order valence-electron chi connectivity index (χ4n) is 1.73. The van der Waals surface area contributed by atoms with Crippen LogP contribution < -0.4 is 5.32 Å². The summed E-state index contributed by atoms with van der Waals surface area (Å²) in [5, 5.41) is 4.07. The van der Waals surface area contributed by atoms with Gasteiger partial charge >= 0.3 is 0 Å². The summed E-state index contributed by atoms with van der Waals surface area (Å²) in [5.74, 6) is 1.39. The summed E-state index contributed by atoms with van der Waals surface area (Å²) in [7, 11) is 2.01. The minimum atomic E-state index is 0.691. The smallest absolute Gasteiger partial charge is 0.0406 e. The SMILES string of the molecule is CNCC(Cc1ccc(Cl)cc1)C(C)C. The quantitative estimate of drug-likeness (QED) is 0.810. The van der Waals surface area contributed by atoms with Crippen molar-refractivity contribution < 1.29 is 0 Å². The predicted molar refractivity (Wildman–Crippen MR) is 67.4 cm³/mol. The van der Waals surface area contributed by atoms with Gasteiger partial charge in [0.15, 0.2) is 0 Å². The van der Waals surface area contributed by atoms with E-state index < -0.39 is 0 Å². The van der Waals surface area contributed by atoms with Crippen molar-refractivity contribution in [3.63, 3.8) is 0 Å². The van der Waals surface area contributed by atoms with E-state index in [4.69, 9.17) is 11.6 Å².